The van der Waals surface area contributed by atoms with Crippen LogP contribution in [0.4, 0.5) is 0 Å². The third-order valence-corrected chi connectivity index (χ3v) is 4.44. The number of carbonyl (C=O) groups is 1. The number of ether oxygens (including phenoxy) is 1. The fourth-order valence-electron chi connectivity index (χ4n) is 2.88. The van der Waals surface area contributed by atoms with Crippen molar-refractivity contribution in [2.75, 3.05) is 6.61 Å². The minimum atomic E-state index is -0.725. The minimum Gasteiger partial charge on any atom is -0.481 e. The van der Waals surface area contributed by atoms with E-state index in [1.54, 1.807) is 0 Å². The number of aryl methyl sites for hydroxylation is 2. The highest BCUT2D eigenvalue weighted by molar-refractivity contribution is 5.71. The molecule has 2 atom stereocenters. The van der Waals surface area contributed by atoms with E-state index >= 15 is 0 Å². The molecule has 0 aromatic carbocycles. The van der Waals surface area contributed by atoms with Crippen molar-refractivity contribution < 1.29 is 14.6 Å². The zero-order valence-corrected chi connectivity index (χ0v) is 13.3. The van der Waals surface area contributed by atoms with Gasteiger partial charge in [0.05, 0.1) is 5.92 Å². The van der Waals surface area contributed by atoms with Gasteiger partial charge in [-0.25, -0.2) is 9.97 Å². The van der Waals surface area contributed by atoms with Crippen LogP contribution in [0.1, 0.15) is 56.4 Å². The summed E-state index contributed by atoms with van der Waals surface area (Å²) in [6.45, 7) is 8.60. The molecule has 5 heteroatoms. The molecular formula is C16H24N2O3. The summed E-state index contributed by atoms with van der Waals surface area (Å²) in [5.41, 5.74) is 2.42. The smallest absolute Gasteiger partial charge is 0.306 e. The fourth-order valence-corrected chi connectivity index (χ4v) is 2.88. The molecule has 0 saturated carbocycles. The predicted octanol–water partition coefficient (Wildman–Crippen LogP) is 2.64. The van der Waals surface area contributed by atoms with Crippen LogP contribution in [-0.4, -0.2) is 27.7 Å². The van der Waals surface area contributed by atoms with Gasteiger partial charge in [-0.05, 0) is 52.0 Å². The van der Waals surface area contributed by atoms with E-state index in [4.69, 9.17) is 9.72 Å². The summed E-state index contributed by atoms with van der Waals surface area (Å²) in [6, 6.07) is 0. The molecule has 0 saturated heterocycles. The maximum absolute atomic E-state index is 11.2. The largest absolute Gasteiger partial charge is 0.481 e. The topological polar surface area (TPSA) is 72.3 Å². The quantitative estimate of drug-likeness (QED) is 0.903. The molecule has 5 nitrogen and oxygen atoms in total. The molecule has 0 bridgehead atoms. The van der Waals surface area contributed by atoms with Crippen LogP contribution in [0.5, 0.6) is 0 Å². The van der Waals surface area contributed by atoms with Crippen LogP contribution in [0.2, 0.25) is 0 Å². The van der Waals surface area contributed by atoms with Gasteiger partial charge in [-0.3, -0.25) is 4.79 Å². The second kappa shape index (κ2) is 6.10. The maximum Gasteiger partial charge on any atom is 0.306 e. The number of hydrogen-bond donors (Lipinski definition) is 1. The van der Waals surface area contributed by atoms with Crippen LogP contribution < -0.4 is 0 Å². The molecule has 2 rings (SSSR count). The van der Waals surface area contributed by atoms with E-state index in [2.05, 4.69) is 11.9 Å². The van der Waals surface area contributed by atoms with Gasteiger partial charge in [0.15, 0.2) is 5.82 Å². The summed E-state index contributed by atoms with van der Waals surface area (Å²) in [4.78, 5) is 20.5. The molecule has 0 fully saturated rings. The minimum absolute atomic E-state index is 0.310. The third-order valence-electron chi connectivity index (χ3n) is 4.44. The normalized spacial score (nSPS) is 20.7. The van der Waals surface area contributed by atoms with E-state index in [1.807, 2.05) is 20.8 Å². The first-order chi connectivity index (χ1) is 9.91. The summed E-state index contributed by atoms with van der Waals surface area (Å²) in [5.74, 6) is -0.316. The molecule has 1 aliphatic rings. The molecular weight excluding hydrogens is 268 g/mol. The van der Waals surface area contributed by atoms with Gasteiger partial charge in [0.1, 0.15) is 5.60 Å². The number of carboxylic acid groups (broad SMARTS) is 1. The number of fused-ring (bicyclic) bond motifs is 1. The van der Waals surface area contributed by atoms with Crippen LogP contribution in [-0.2, 0) is 28.0 Å². The molecule has 1 heterocycles. The van der Waals surface area contributed by atoms with Gasteiger partial charge in [0.2, 0.25) is 0 Å². The Balaban J connectivity index is 2.38. The molecule has 2 unspecified atom stereocenters. The zero-order valence-electron chi connectivity index (χ0n) is 13.3. The Labute approximate surface area is 125 Å². The summed E-state index contributed by atoms with van der Waals surface area (Å²) in [7, 11) is 0. The van der Waals surface area contributed by atoms with Crippen LogP contribution in [0.25, 0.3) is 0 Å². The van der Waals surface area contributed by atoms with Crippen LogP contribution in [0.3, 0.4) is 0 Å². The second-order valence-corrected chi connectivity index (χ2v) is 5.85. The molecule has 1 aromatic rings. The zero-order chi connectivity index (χ0) is 15.6. The Bertz CT molecular complexity index is 545. The van der Waals surface area contributed by atoms with Gasteiger partial charge in [-0.15, -0.1) is 0 Å². The Morgan fingerprint density at radius 3 is 2.71 bits per heavy atom. The van der Waals surface area contributed by atoms with Crippen molar-refractivity contribution in [3.8, 4) is 0 Å². The number of aliphatic carboxylic acids is 1. The molecule has 0 radical (unpaired) electrons. The van der Waals surface area contributed by atoms with Gasteiger partial charge in [0.25, 0.3) is 0 Å². The molecule has 21 heavy (non-hydrogen) atoms. The lowest BCUT2D eigenvalue weighted by Crippen LogP contribution is -2.31. The Morgan fingerprint density at radius 2 is 2.14 bits per heavy atom. The molecule has 1 aliphatic carbocycles. The van der Waals surface area contributed by atoms with E-state index < -0.39 is 11.6 Å². The highest BCUT2D eigenvalue weighted by Crippen LogP contribution is 2.31. The molecule has 1 N–H and O–H groups in total. The number of aromatic nitrogens is 2. The lowest BCUT2D eigenvalue weighted by molar-refractivity contribution is -0.142. The van der Waals surface area contributed by atoms with E-state index in [-0.39, 0.29) is 5.92 Å². The van der Waals surface area contributed by atoms with Gasteiger partial charge >= 0.3 is 5.97 Å². The molecule has 0 spiro atoms. The monoisotopic (exact) mass is 292 g/mol. The van der Waals surface area contributed by atoms with Crippen molar-refractivity contribution in [2.45, 2.75) is 59.0 Å². The number of hydrogen-bond acceptors (Lipinski definition) is 4. The summed E-state index contributed by atoms with van der Waals surface area (Å²) in [6.07, 6.45) is 2.69. The van der Waals surface area contributed by atoms with Gasteiger partial charge < -0.3 is 9.84 Å². The summed E-state index contributed by atoms with van der Waals surface area (Å²) in [5, 5.41) is 9.19. The van der Waals surface area contributed by atoms with Gasteiger partial charge in [0, 0.05) is 18.0 Å². The van der Waals surface area contributed by atoms with Crippen molar-refractivity contribution in [3.05, 3.63) is 22.8 Å². The first-order valence-corrected chi connectivity index (χ1v) is 7.65. The molecule has 1 aromatic heterocycles. The number of nitrogens with zero attached hydrogens (tertiary/aromatic N) is 2. The molecule has 0 amide bonds. The van der Waals surface area contributed by atoms with Crippen molar-refractivity contribution in [1.29, 1.82) is 0 Å². The highest BCUT2D eigenvalue weighted by atomic mass is 16.5. The number of carboxylic acids is 1. The third kappa shape index (κ3) is 3.07. The highest BCUT2D eigenvalue weighted by Gasteiger charge is 2.32. The van der Waals surface area contributed by atoms with E-state index in [0.29, 0.717) is 25.9 Å². The first kappa shape index (κ1) is 15.9. The lowest BCUT2D eigenvalue weighted by atomic mass is 9.85. The lowest BCUT2D eigenvalue weighted by Gasteiger charge is -2.29. The average molecular weight is 292 g/mol. The van der Waals surface area contributed by atoms with Crippen molar-refractivity contribution in [3.63, 3.8) is 0 Å². The molecule has 116 valence electrons. The standard InChI is InChI=1S/C16H24N2O3/c1-5-16(4,21-6-2)15-17-10(3)12-9-11(14(19)20)7-8-13(12)18-15/h11H,5-9H2,1-4H3,(H,19,20). The van der Waals surface area contributed by atoms with Crippen molar-refractivity contribution in [2.24, 2.45) is 5.92 Å². The molecule has 0 aliphatic heterocycles. The number of rotatable bonds is 5. The Morgan fingerprint density at radius 1 is 1.43 bits per heavy atom. The van der Waals surface area contributed by atoms with Crippen molar-refractivity contribution in [1.82, 2.24) is 9.97 Å². The van der Waals surface area contributed by atoms with Crippen LogP contribution in [0.15, 0.2) is 0 Å². The maximum atomic E-state index is 11.2. The fraction of sp³-hybridized carbons (Fsp3) is 0.688. The van der Waals surface area contributed by atoms with Crippen LogP contribution >= 0.6 is 0 Å². The summed E-state index contributed by atoms with van der Waals surface area (Å²) >= 11 is 0. The van der Waals surface area contributed by atoms with E-state index in [0.717, 1.165) is 29.2 Å². The summed E-state index contributed by atoms with van der Waals surface area (Å²) < 4.78 is 5.85. The SMILES string of the molecule is CCOC(C)(CC)c1nc(C)c2c(n1)CCC(C(=O)O)C2. The van der Waals surface area contributed by atoms with Gasteiger partial charge in [-0.1, -0.05) is 6.92 Å². The Kier molecular flexibility index (Phi) is 4.61. The van der Waals surface area contributed by atoms with E-state index in [9.17, 15) is 9.90 Å². The van der Waals surface area contributed by atoms with E-state index in [1.165, 1.54) is 0 Å². The predicted molar refractivity (Wildman–Crippen MR) is 79.2 cm³/mol. The van der Waals surface area contributed by atoms with Crippen molar-refractivity contribution >= 4 is 5.97 Å². The average Bonchev–Trinajstić information content (AvgIpc) is 2.46. The van der Waals surface area contributed by atoms with Gasteiger partial charge in [-0.2, -0.15) is 0 Å². The first-order valence-electron chi connectivity index (χ1n) is 7.65. The second-order valence-electron chi connectivity index (χ2n) is 5.85. The van der Waals surface area contributed by atoms with Crippen LogP contribution in [0, 0.1) is 12.8 Å². The Hall–Kier alpha value is -1.49.